The fourth-order valence-electron chi connectivity index (χ4n) is 2.28. The predicted octanol–water partition coefficient (Wildman–Crippen LogP) is 4.23. The summed E-state index contributed by atoms with van der Waals surface area (Å²) in [6.07, 6.45) is 3.07. The van der Waals surface area contributed by atoms with Gasteiger partial charge in [-0.15, -0.1) is 0 Å². The van der Waals surface area contributed by atoms with E-state index in [2.05, 4.69) is 9.98 Å². The molecule has 1 aromatic heterocycles. The number of aliphatic hydroxyl groups is 1. The second-order valence-corrected chi connectivity index (χ2v) is 6.14. The monoisotopic (exact) mass is 380 g/mol. The zero-order valence-electron chi connectivity index (χ0n) is 13.8. The number of carbonyl (C=O) groups excluding carboxylic acids is 1. The van der Waals surface area contributed by atoms with E-state index in [1.165, 1.54) is 12.3 Å². The molecule has 0 spiro atoms. The summed E-state index contributed by atoms with van der Waals surface area (Å²) in [6, 6.07) is 3.29. The number of ether oxygens (including phenoxy) is 1. The molecule has 0 bridgehead atoms. The summed E-state index contributed by atoms with van der Waals surface area (Å²) in [5.74, 6) is -3.37. The summed E-state index contributed by atoms with van der Waals surface area (Å²) in [5, 5.41) is 10.6. The van der Waals surface area contributed by atoms with Gasteiger partial charge in [0.25, 0.3) is 0 Å². The molecule has 1 saturated carbocycles. The van der Waals surface area contributed by atoms with Gasteiger partial charge in [-0.1, -0.05) is 11.6 Å². The van der Waals surface area contributed by atoms with Crippen LogP contribution in [0.5, 0.6) is 0 Å². The third-order valence-corrected chi connectivity index (χ3v) is 4.07. The van der Waals surface area contributed by atoms with Gasteiger partial charge in [0.15, 0.2) is 11.6 Å². The topological polar surface area (TPSA) is 71.8 Å². The second kappa shape index (κ2) is 7.37. The molecule has 0 saturated heterocycles. The van der Waals surface area contributed by atoms with Crippen molar-refractivity contribution >= 4 is 40.4 Å². The van der Waals surface area contributed by atoms with Gasteiger partial charge in [0.1, 0.15) is 16.5 Å². The Labute approximate surface area is 153 Å². The van der Waals surface area contributed by atoms with E-state index in [1.807, 2.05) is 0 Å². The van der Waals surface area contributed by atoms with E-state index in [9.17, 15) is 18.7 Å². The van der Waals surface area contributed by atoms with Gasteiger partial charge < -0.3 is 9.84 Å². The Hall–Kier alpha value is -2.54. The maximum atomic E-state index is 13.5. The van der Waals surface area contributed by atoms with Crippen LogP contribution in [0.2, 0.25) is 5.15 Å². The van der Waals surface area contributed by atoms with E-state index < -0.39 is 23.4 Å². The van der Waals surface area contributed by atoms with E-state index >= 15 is 0 Å². The van der Waals surface area contributed by atoms with Crippen LogP contribution in [0.3, 0.4) is 0 Å². The highest BCUT2D eigenvalue weighted by molar-refractivity contribution is 6.32. The molecular weight excluding hydrogens is 366 g/mol. The first-order valence-electron chi connectivity index (χ1n) is 8.00. The maximum Gasteiger partial charge on any atom is 0.343 e. The van der Waals surface area contributed by atoms with E-state index in [4.69, 9.17) is 16.3 Å². The highest BCUT2D eigenvalue weighted by Gasteiger charge is 2.23. The van der Waals surface area contributed by atoms with E-state index in [0.29, 0.717) is 0 Å². The number of fused-ring (bicyclic) bond motifs is 1. The van der Waals surface area contributed by atoms with Gasteiger partial charge in [-0.3, -0.25) is 4.99 Å². The van der Waals surface area contributed by atoms with Crippen LogP contribution in [0.15, 0.2) is 28.8 Å². The number of halogens is 3. The number of nitrogens with zero attached hydrogens (tertiary/aromatic N) is 2. The number of pyridine rings is 1. The first-order valence-corrected chi connectivity index (χ1v) is 8.37. The minimum Gasteiger partial charge on any atom is -0.506 e. The molecule has 1 N–H and O–H groups in total. The van der Waals surface area contributed by atoms with Crippen molar-refractivity contribution < 1.29 is 23.4 Å². The van der Waals surface area contributed by atoms with Crippen LogP contribution in [0.4, 0.5) is 8.78 Å². The molecule has 0 radical (unpaired) electrons. The zero-order valence-corrected chi connectivity index (χ0v) is 14.6. The van der Waals surface area contributed by atoms with Crippen molar-refractivity contribution in [1.29, 1.82) is 0 Å². The van der Waals surface area contributed by atoms with Crippen LogP contribution in [-0.2, 0) is 9.53 Å². The third kappa shape index (κ3) is 3.83. The Morgan fingerprint density at radius 2 is 2.08 bits per heavy atom. The number of hydrogen-bond donors (Lipinski definition) is 1. The number of aromatic nitrogens is 1. The third-order valence-electron chi connectivity index (χ3n) is 3.78. The quantitative estimate of drug-likeness (QED) is 0.277. The van der Waals surface area contributed by atoms with Crippen molar-refractivity contribution in [1.82, 2.24) is 4.98 Å². The molecule has 1 aliphatic rings. The Kier molecular flexibility index (Phi) is 5.18. The smallest absolute Gasteiger partial charge is 0.343 e. The van der Waals surface area contributed by atoms with Crippen molar-refractivity contribution in [3.05, 3.63) is 46.1 Å². The van der Waals surface area contributed by atoms with Gasteiger partial charge in [-0.25, -0.2) is 18.6 Å². The molecule has 1 aromatic carbocycles. The Bertz CT molecular complexity index is 940. The van der Waals surface area contributed by atoms with Gasteiger partial charge >= 0.3 is 5.97 Å². The summed E-state index contributed by atoms with van der Waals surface area (Å²) in [4.78, 5) is 20.3. The van der Waals surface area contributed by atoms with Crippen LogP contribution in [-0.4, -0.2) is 34.9 Å². The Morgan fingerprint density at radius 1 is 1.38 bits per heavy atom. The molecular formula is C18H15ClF2N2O3. The van der Waals surface area contributed by atoms with Crippen molar-refractivity contribution in [3.8, 4) is 0 Å². The van der Waals surface area contributed by atoms with Gasteiger partial charge in [0, 0.05) is 17.7 Å². The summed E-state index contributed by atoms with van der Waals surface area (Å²) in [6.45, 7) is 1.74. The number of rotatable bonds is 5. The summed E-state index contributed by atoms with van der Waals surface area (Å²) in [7, 11) is 0. The minimum atomic E-state index is -1.06. The van der Waals surface area contributed by atoms with Crippen LogP contribution in [0.1, 0.15) is 25.3 Å². The first-order chi connectivity index (χ1) is 12.4. The number of esters is 1. The molecule has 8 heteroatoms. The Balaban J connectivity index is 2.12. The Morgan fingerprint density at radius 3 is 2.73 bits per heavy atom. The van der Waals surface area contributed by atoms with Crippen LogP contribution < -0.4 is 0 Å². The molecule has 1 aliphatic carbocycles. The molecule has 1 heterocycles. The highest BCUT2D eigenvalue weighted by atomic mass is 35.5. The maximum absolute atomic E-state index is 13.5. The number of aliphatic imine (C=N–C) groups is 1. The van der Waals surface area contributed by atoms with Crippen LogP contribution >= 0.6 is 11.6 Å². The second-order valence-electron chi connectivity index (χ2n) is 5.78. The van der Waals surface area contributed by atoms with Gasteiger partial charge in [-0.2, -0.15) is 0 Å². The summed E-state index contributed by atoms with van der Waals surface area (Å²) < 4.78 is 31.8. The van der Waals surface area contributed by atoms with Gasteiger partial charge in [0.05, 0.1) is 23.7 Å². The number of benzene rings is 1. The van der Waals surface area contributed by atoms with Gasteiger partial charge in [-0.05, 0) is 31.9 Å². The highest BCUT2D eigenvalue weighted by Crippen LogP contribution is 2.29. The molecule has 0 atom stereocenters. The average Bonchev–Trinajstić information content (AvgIpc) is 3.40. The first kappa shape index (κ1) is 18.3. The molecule has 0 amide bonds. The standard InChI is InChI=1S/C18H15ClF2N2O3/c1-2-26-18(25)12(8-22-10-3-4-10)16(24)11-5-9-6-13(20)14(21)7-15(9)23-17(11)19/h5-8,10,24H,2-4H2,1H3. The van der Waals surface area contributed by atoms with Crippen LogP contribution in [0, 0.1) is 11.6 Å². The van der Waals surface area contributed by atoms with Crippen LogP contribution in [0.25, 0.3) is 16.7 Å². The number of carbonyl (C=O) groups is 1. The largest absolute Gasteiger partial charge is 0.506 e. The fourth-order valence-corrected chi connectivity index (χ4v) is 2.51. The fraction of sp³-hybridized carbons (Fsp3) is 0.278. The lowest BCUT2D eigenvalue weighted by molar-refractivity contribution is -0.137. The van der Waals surface area contributed by atoms with Crippen molar-refractivity contribution in [2.45, 2.75) is 25.8 Å². The minimum absolute atomic E-state index is 0.00419. The summed E-state index contributed by atoms with van der Waals surface area (Å²) in [5.41, 5.74) is -0.0605. The van der Waals surface area contributed by atoms with Crippen molar-refractivity contribution in [2.24, 2.45) is 4.99 Å². The van der Waals surface area contributed by atoms with E-state index in [-0.39, 0.29) is 39.8 Å². The van der Waals surface area contributed by atoms with E-state index in [0.717, 1.165) is 25.0 Å². The molecule has 0 aliphatic heterocycles. The van der Waals surface area contributed by atoms with E-state index in [1.54, 1.807) is 6.92 Å². The molecule has 26 heavy (non-hydrogen) atoms. The van der Waals surface area contributed by atoms with Crippen molar-refractivity contribution in [3.63, 3.8) is 0 Å². The normalized spacial score (nSPS) is 15.4. The predicted molar refractivity (Wildman–Crippen MR) is 94.4 cm³/mol. The molecule has 3 rings (SSSR count). The average molecular weight is 381 g/mol. The molecule has 5 nitrogen and oxygen atoms in total. The lowest BCUT2D eigenvalue weighted by Crippen LogP contribution is -2.12. The van der Waals surface area contributed by atoms with Crippen molar-refractivity contribution in [2.75, 3.05) is 6.61 Å². The number of aliphatic hydroxyl groups excluding tert-OH is 1. The zero-order chi connectivity index (χ0) is 18.8. The molecule has 1 fully saturated rings. The SMILES string of the molecule is CCOC(=O)C(C=NC1CC1)=C(O)c1cc2cc(F)c(F)cc2nc1Cl. The lowest BCUT2D eigenvalue weighted by Gasteiger charge is -2.09. The number of hydrogen-bond acceptors (Lipinski definition) is 5. The van der Waals surface area contributed by atoms with Gasteiger partial charge in [0.2, 0.25) is 0 Å². The molecule has 136 valence electrons. The molecule has 2 aromatic rings. The molecule has 0 unspecified atom stereocenters. The lowest BCUT2D eigenvalue weighted by atomic mass is 10.1. The summed E-state index contributed by atoms with van der Waals surface area (Å²) >= 11 is 6.07.